The Morgan fingerprint density at radius 2 is 0.967 bits per heavy atom. The summed E-state index contributed by atoms with van der Waals surface area (Å²) in [6, 6.07) is -0.724. The van der Waals surface area contributed by atoms with E-state index in [1.54, 1.807) is 0 Å². The molecular formula is C54H97NO5. The van der Waals surface area contributed by atoms with Gasteiger partial charge < -0.3 is 20.3 Å². The van der Waals surface area contributed by atoms with E-state index in [4.69, 9.17) is 4.74 Å². The highest BCUT2D eigenvalue weighted by molar-refractivity contribution is 5.77. The molecule has 6 heteroatoms. The second-order valence-corrected chi connectivity index (χ2v) is 17.2. The van der Waals surface area contributed by atoms with Gasteiger partial charge in [0.1, 0.15) is 6.10 Å². The van der Waals surface area contributed by atoms with E-state index in [0.29, 0.717) is 19.3 Å². The first kappa shape index (κ1) is 57.6. The second-order valence-electron chi connectivity index (χ2n) is 17.2. The van der Waals surface area contributed by atoms with E-state index in [1.807, 2.05) is 18.2 Å². The van der Waals surface area contributed by atoms with Crippen LogP contribution in [0.3, 0.4) is 0 Å². The fourth-order valence-electron chi connectivity index (χ4n) is 7.54. The van der Waals surface area contributed by atoms with Crippen LogP contribution in [-0.4, -0.2) is 46.9 Å². The van der Waals surface area contributed by atoms with Gasteiger partial charge in [-0.25, -0.2) is 0 Å². The quantitative estimate of drug-likeness (QED) is 0.0246. The van der Waals surface area contributed by atoms with Crippen molar-refractivity contribution < 1.29 is 24.5 Å². The summed E-state index contributed by atoms with van der Waals surface area (Å²) in [6.45, 7) is 6.32. The Kier molecular flexibility index (Phi) is 45.7. The first-order chi connectivity index (χ1) is 29.5. The van der Waals surface area contributed by atoms with Gasteiger partial charge in [-0.2, -0.15) is 0 Å². The molecule has 60 heavy (non-hydrogen) atoms. The summed E-state index contributed by atoms with van der Waals surface area (Å²) in [5, 5.41) is 23.7. The summed E-state index contributed by atoms with van der Waals surface area (Å²) in [5.74, 6) is -0.590. The number of amides is 1. The third-order valence-electron chi connectivity index (χ3n) is 11.4. The highest BCUT2D eigenvalue weighted by Crippen LogP contribution is 2.17. The van der Waals surface area contributed by atoms with Crippen LogP contribution in [0.15, 0.2) is 60.8 Å². The molecule has 3 N–H and O–H groups in total. The van der Waals surface area contributed by atoms with Gasteiger partial charge in [0.05, 0.1) is 25.2 Å². The lowest BCUT2D eigenvalue weighted by atomic mass is 10.0. The minimum atomic E-state index is -0.806. The van der Waals surface area contributed by atoms with E-state index in [2.05, 4.69) is 68.6 Å². The zero-order chi connectivity index (χ0) is 43.8. The SMILES string of the molecule is CC/C=C/C=C/C=C\CCCCCC(CC(=O)NC(CO)C(O)CCCCCCCCCCCCCCCCCCC)OC(=O)CC/C=C/C/C=C\CCCCCCCC. The average molecular weight is 840 g/mol. The largest absolute Gasteiger partial charge is 0.462 e. The average Bonchev–Trinajstić information content (AvgIpc) is 3.24. The van der Waals surface area contributed by atoms with Crippen molar-refractivity contribution in [3.63, 3.8) is 0 Å². The van der Waals surface area contributed by atoms with Gasteiger partial charge >= 0.3 is 5.97 Å². The van der Waals surface area contributed by atoms with Crippen LogP contribution in [0, 0.1) is 0 Å². The van der Waals surface area contributed by atoms with Gasteiger partial charge in [0.2, 0.25) is 5.91 Å². The number of carbonyl (C=O) groups excluding carboxylic acids is 2. The molecule has 0 spiro atoms. The van der Waals surface area contributed by atoms with Gasteiger partial charge in [-0.1, -0.05) is 229 Å². The summed E-state index contributed by atoms with van der Waals surface area (Å²) in [7, 11) is 0. The molecule has 0 aromatic heterocycles. The Hall–Kier alpha value is -2.44. The van der Waals surface area contributed by atoms with E-state index < -0.39 is 18.2 Å². The maximum absolute atomic E-state index is 13.2. The van der Waals surface area contributed by atoms with Crippen LogP contribution in [0.25, 0.3) is 0 Å². The van der Waals surface area contributed by atoms with Crippen molar-refractivity contribution in [3.05, 3.63) is 60.8 Å². The predicted octanol–water partition coefficient (Wildman–Crippen LogP) is 15.2. The molecule has 0 aliphatic rings. The molecule has 348 valence electrons. The molecule has 0 bridgehead atoms. The minimum absolute atomic E-state index is 0.0310. The first-order valence-corrected chi connectivity index (χ1v) is 25.5. The number of nitrogens with one attached hydrogen (secondary N) is 1. The Balaban J connectivity index is 4.57. The van der Waals surface area contributed by atoms with Crippen molar-refractivity contribution in [1.29, 1.82) is 0 Å². The van der Waals surface area contributed by atoms with Crippen molar-refractivity contribution in [2.24, 2.45) is 0 Å². The van der Waals surface area contributed by atoms with Crippen LogP contribution in [-0.2, 0) is 14.3 Å². The number of esters is 1. The van der Waals surface area contributed by atoms with Gasteiger partial charge in [0, 0.05) is 6.42 Å². The number of hydrogen-bond donors (Lipinski definition) is 3. The number of rotatable bonds is 45. The van der Waals surface area contributed by atoms with Crippen LogP contribution in [0.5, 0.6) is 0 Å². The van der Waals surface area contributed by atoms with Crippen LogP contribution < -0.4 is 5.32 Å². The molecule has 0 fully saturated rings. The van der Waals surface area contributed by atoms with E-state index >= 15 is 0 Å². The molecule has 0 radical (unpaired) electrons. The fourth-order valence-corrected chi connectivity index (χ4v) is 7.54. The molecular weight excluding hydrogens is 743 g/mol. The van der Waals surface area contributed by atoms with Gasteiger partial charge in [-0.3, -0.25) is 9.59 Å². The fraction of sp³-hybridized carbons (Fsp3) is 0.778. The number of hydrogen-bond acceptors (Lipinski definition) is 5. The lowest BCUT2D eigenvalue weighted by Crippen LogP contribution is -2.46. The van der Waals surface area contributed by atoms with Crippen molar-refractivity contribution in [2.45, 2.75) is 264 Å². The van der Waals surface area contributed by atoms with Crippen molar-refractivity contribution >= 4 is 11.9 Å². The number of aliphatic hydroxyl groups is 2. The van der Waals surface area contributed by atoms with Crippen molar-refractivity contribution in [3.8, 4) is 0 Å². The van der Waals surface area contributed by atoms with Gasteiger partial charge in [0.25, 0.3) is 0 Å². The third kappa shape index (κ3) is 42.3. The van der Waals surface area contributed by atoms with Gasteiger partial charge in [-0.15, -0.1) is 0 Å². The molecule has 0 aliphatic heterocycles. The molecule has 3 atom stereocenters. The van der Waals surface area contributed by atoms with E-state index in [0.717, 1.165) is 64.2 Å². The number of aliphatic hydroxyl groups excluding tert-OH is 2. The van der Waals surface area contributed by atoms with Gasteiger partial charge in [-0.05, 0) is 64.2 Å². The summed E-state index contributed by atoms with van der Waals surface area (Å²) < 4.78 is 5.86. The standard InChI is InChI=1S/C54H97NO5/c1-4-7-10-13-16-19-22-24-25-26-27-29-31-34-37-40-43-46-52(57)51(49-56)55-53(58)48-50(45-42-39-36-33-30-21-18-15-12-9-6-3)60-54(59)47-44-41-38-35-32-28-23-20-17-14-11-8-5-2/h9,12,15,18,21,28,30,32,38,41,50-52,56-57H,4-8,10-11,13-14,16-17,19-20,22-27,29,31,33-37,39-40,42-49H2,1-3H3,(H,55,58)/b12-9+,18-15+,30-21-,32-28-,41-38+. The zero-order valence-corrected chi connectivity index (χ0v) is 39.6. The summed E-state index contributed by atoms with van der Waals surface area (Å²) in [6.07, 6.45) is 58.7. The normalized spacial score (nSPS) is 13.8. The lowest BCUT2D eigenvalue weighted by molar-refractivity contribution is -0.150. The van der Waals surface area contributed by atoms with Crippen molar-refractivity contribution in [1.82, 2.24) is 5.32 Å². The molecule has 0 heterocycles. The highest BCUT2D eigenvalue weighted by atomic mass is 16.5. The topological polar surface area (TPSA) is 95.9 Å². The smallest absolute Gasteiger partial charge is 0.306 e. The zero-order valence-electron chi connectivity index (χ0n) is 39.6. The molecule has 0 aromatic carbocycles. The Labute approximate surface area is 371 Å². The van der Waals surface area contributed by atoms with E-state index in [1.165, 1.54) is 128 Å². The molecule has 1 amide bonds. The second kappa shape index (κ2) is 47.6. The lowest BCUT2D eigenvalue weighted by Gasteiger charge is -2.24. The third-order valence-corrected chi connectivity index (χ3v) is 11.4. The Morgan fingerprint density at radius 3 is 1.50 bits per heavy atom. The first-order valence-electron chi connectivity index (χ1n) is 25.5. The molecule has 0 rings (SSSR count). The van der Waals surface area contributed by atoms with Crippen LogP contribution >= 0.6 is 0 Å². The summed E-state index contributed by atoms with van der Waals surface area (Å²) >= 11 is 0. The molecule has 0 aromatic rings. The van der Waals surface area contributed by atoms with Crippen LogP contribution in [0.1, 0.15) is 245 Å². The van der Waals surface area contributed by atoms with Crippen LogP contribution in [0.4, 0.5) is 0 Å². The van der Waals surface area contributed by atoms with E-state index in [9.17, 15) is 19.8 Å². The molecule has 3 unspecified atom stereocenters. The summed E-state index contributed by atoms with van der Waals surface area (Å²) in [5.41, 5.74) is 0. The Morgan fingerprint density at radius 1 is 0.517 bits per heavy atom. The van der Waals surface area contributed by atoms with Crippen molar-refractivity contribution in [2.75, 3.05) is 6.61 Å². The molecule has 6 nitrogen and oxygen atoms in total. The molecule has 0 saturated heterocycles. The predicted molar refractivity (Wildman–Crippen MR) is 259 cm³/mol. The summed E-state index contributed by atoms with van der Waals surface area (Å²) in [4.78, 5) is 26.0. The minimum Gasteiger partial charge on any atom is -0.462 e. The highest BCUT2D eigenvalue weighted by Gasteiger charge is 2.24. The maximum atomic E-state index is 13.2. The maximum Gasteiger partial charge on any atom is 0.306 e. The number of ether oxygens (including phenoxy) is 1. The number of carbonyl (C=O) groups is 2. The molecule has 0 saturated carbocycles. The number of unbranched alkanes of at least 4 members (excludes halogenated alkanes) is 25. The molecule has 0 aliphatic carbocycles. The Bertz CT molecular complexity index is 1080. The van der Waals surface area contributed by atoms with Gasteiger partial charge in [0.15, 0.2) is 0 Å². The van der Waals surface area contributed by atoms with E-state index in [-0.39, 0.29) is 31.3 Å². The van der Waals surface area contributed by atoms with Crippen LogP contribution in [0.2, 0.25) is 0 Å². The monoisotopic (exact) mass is 840 g/mol. The number of allylic oxidation sites excluding steroid dienone is 10.